The lowest BCUT2D eigenvalue weighted by atomic mass is 10.1. The fraction of sp³-hybridized carbons (Fsp3) is 0. The number of esters is 2. The second-order valence-electron chi connectivity index (χ2n) is 3.80. The van der Waals surface area contributed by atoms with Crippen LogP contribution in [0.3, 0.4) is 0 Å². The largest absolute Gasteiger partial charge is 0.386 e. The molecule has 3 nitrogen and oxygen atoms in total. The smallest absolute Gasteiger partial charge is 0.346 e. The van der Waals surface area contributed by atoms with Gasteiger partial charge in [-0.2, -0.15) is 0 Å². The topological polar surface area (TPSA) is 43.4 Å². The number of hydrogen-bond donors (Lipinski definition) is 0. The number of carbonyl (C=O) groups is 2. The van der Waals surface area contributed by atoms with E-state index in [2.05, 4.69) is 4.74 Å². The summed E-state index contributed by atoms with van der Waals surface area (Å²) in [5.41, 5.74) is 0.693. The summed E-state index contributed by atoms with van der Waals surface area (Å²) in [5, 5.41) is 0. The normalized spacial score (nSPS) is 13.3. The van der Waals surface area contributed by atoms with E-state index in [1.807, 2.05) is 36.4 Å². The Labute approximate surface area is 108 Å². The van der Waals surface area contributed by atoms with Crippen molar-refractivity contribution in [2.45, 2.75) is 9.79 Å². The molecule has 0 saturated carbocycles. The zero-order valence-electron chi connectivity index (χ0n) is 9.25. The molecule has 0 aromatic heterocycles. The third kappa shape index (κ3) is 1.91. The fourth-order valence-corrected chi connectivity index (χ4v) is 2.63. The molecule has 0 fully saturated rings. The van der Waals surface area contributed by atoms with Gasteiger partial charge in [0.15, 0.2) is 0 Å². The first-order valence-electron chi connectivity index (χ1n) is 5.37. The van der Waals surface area contributed by atoms with Crippen LogP contribution >= 0.6 is 11.8 Å². The zero-order valence-corrected chi connectivity index (χ0v) is 10.1. The van der Waals surface area contributed by atoms with E-state index in [0.29, 0.717) is 11.1 Å². The van der Waals surface area contributed by atoms with Crippen molar-refractivity contribution < 1.29 is 14.3 Å². The van der Waals surface area contributed by atoms with Gasteiger partial charge in [0.05, 0.1) is 11.1 Å². The van der Waals surface area contributed by atoms with E-state index in [4.69, 9.17) is 0 Å². The lowest BCUT2D eigenvalue weighted by Gasteiger charge is -2.02. The minimum atomic E-state index is -0.564. The molecule has 0 radical (unpaired) electrons. The van der Waals surface area contributed by atoms with E-state index in [1.165, 1.54) is 11.8 Å². The molecule has 0 aliphatic carbocycles. The summed E-state index contributed by atoms with van der Waals surface area (Å²) in [6, 6.07) is 15.0. The molecular formula is C14H8O3S. The molecule has 1 aliphatic heterocycles. The van der Waals surface area contributed by atoms with Gasteiger partial charge in [0.2, 0.25) is 0 Å². The van der Waals surface area contributed by atoms with Crippen LogP contribution in [0.4, 0.5) is 0 Å². The molecule has 1 heterocycles. The van der Waals surface area contributed by atoms with Gasteiger partial charge in [-0.25, -0.2) is 9.59 Å². The van der Waals surface area contributed by atoms with Crippen LogP contribution in [-0.2, 0) is 4.74 Å². The second-order valence-corrected chi connectivity index (χ2v) is 4.95. The second kappa shape index (κ2) is 4.31. The molecule has 0 N–H and O–H groups in total. The van der Waals surface area contributed by atoms with E-state index < -0.39 is 11.9 Å². The Balaban J connectivity index is 1.94. The van der Waals surface area contributed by atoms with Crippen LogP contribution < -0.4 is 0 Å². The number of fused-ring (bicyclic) bond motifs is 1. The minimum Gasteiger partial charge on any atom is -0.386 e. The molecule has 0 bridgehead atoms. The third-order valence-corrected chi connectivity index (χ3v) is 3.59. The van der Waals surface area contributed by atoms with Gasteiger partial charge in [0, 0.05) is 9.79 Å². The first-order chi connectivity index (χ1) is 8.74. The van der Waals surface area contributed by atoms with Gasteiger partial charge < -0.3 is 4.74 Å². The van der Waals surface area contributed by atoms with Crippen LogP contribution in [0.5, 0.6) is 0 Å². The Hall–Kier alpha value is -2.07. The highest BCUT2D eigenvalue weighted by atomic mass is 32.2. The molecule has 3 rings (SSSR count). The molecule has 0 spiro atoms. The van der Waals surface area contributed by atoms with E-state index >= 15 is 0 Å². The van der Waals surface area contributed by atoms with Crippen LogP contribution in [0.25, 0.3) is 0 Å². The average Bonchev–Trinajstić information content (AvgIpc) is 2.66. The van der Waals surface area contributed by atoms with Gasteiger partial charge in [-0.1, -0.05) is 30.0 Å². The molecule has 18 heavy (non-hydrogen) atoms. The summed E-state index contributed by atoms with van der Waals surface area (Å²) in [6.45, 7) is 0. The first-order valence-corrected chi connectivity index (χ1v) is 6.19. The number of ether oxygens (including phenoxy) is 1. The van der Waals surface area contributed by atoms with Crippen molar-refractivity contribution in [1.29, 1.82) is 0 Å². The Morgan fingerprint density at radius 3 is 2.28 bits per heavy atom. The number of benzene rings is 2. The summed E-state index contributed by atoms with van der Waals surface area (Å²) >= 11 is 1.54. The van der Waals surface area contributed by atoms with Gasteiger partial charge in [-0.15, -0.1) is 0 Å². The van der Waals surface area contributed by atoms with Crippen LogP contribution in [0, 0.1) is 0 Å². The fourth-order valence-electron chi connectivity index (χ4n) is 1.75. The standard InChI is InChI=1S/C14H8O3S/c15-13-11-7-6-10(8-12(11)14(16)17-13)18-9-4-2-1-3-5-9/h1-8H. The zero-order chi connectivity index (χ0) is 12.5. The third-order valence-electron chi connectivity index (χ3n) is 2.60. The first kappa shape index (κ1) is 11.0. The Kier molecular flexibility index (Phi) is 2.64. The van der Waals surface area contributed by atoms with E-state index in [1.54, 1.807) is 12.1 Å². The van der Waals surface area contributed by atoms with Crippen molar-refractivity contribution in [3.8, 4) is 0 Å². The number of hydrogen-bond acceptors (Lipinski definition) is 4. The quantitative estimate of drug-likeness (QED) is 0.611. The molecule has 2 aromatic carbocycles. The summed E-state index contributed by atoms with van der Waals surface area (Å²) in [7, 11) is 0. The number of carbonyl (C=O) groups excluding carboxylic acids is 2. The van der Waals surface area contributed by atoms with Gasteiger partial charge in [-0.05, 0) is 30.3 Å². The molecule has 0 amide bonds. The molecule has 0 atom stereocenters. The predicted octanol–water partition coefficient (Wildman–Crippen LogP) is 3.15. The van der Waals surface area contributed by atoms with Gasteiger partial charge in [0.25, 0.3) is 0 Å². The van der Waals surface area contributed by atoms with Crippen molar-refractivity contribution >= 4 is 23.7 Å². The predicted molar refractivity (Wildman–Crippen MR) is 66.8 cm³/mol. The summed E-state index contributed by atoms with van der Waals surface area (Å²) in [6.07, 6.45) is 0. The van der Waals surface area contributed by atoms with E-state index in [0.717, 1.165) is 9.79 Å². The Morgan fingerprint density at radius 2 is 1.50 bits per heavy atom. The Bertz CT molecular complexity index is 635. The van der Waals surface area contributed by atoms with Gasteiger partial charge in [-0.3, -0.25) is 0 Å². The Morgan fingerprint density at radius 1 is 0.778 bits per heavy atom. The molecule has 0 saturated heterocycles. The maximum absolute atomic E-state index is 11.4. The lowest BCUT2D eigenvalue weighted by molar-refractivity contribution is 0.0444. The SMILES string of the molecule is O=C1OC(=O)c2cc(Sc3ccccc3)ccc21. The van der Waals surface area contributed by atoms with Crippen LogP contribution in [-0.4, -0.2) is 11.9 Å². The van der Waals surface area contributed by atoms with Crippen molar-refractivity contribution in [1.82, 2.24) is 0 Å². The van der Waals surface area contributed by atoms with Crippen LogP contribution in [0.2, 0.25) is 0 Å². The number of cyclic esters (lactones) is 2. The van der Waals surface area contributed by atoms with Gasteiger partial charge >= 0.3 is 11.9 Å². The monoisotopic (exact) mass is 256 g/mol. The molecule has 1 aliphatic rings. The summed E-state index contributed by atoms with van der Waals surface area (Å²) < 4.78 is 4.55. The van der Waals surface area contributed by atoms with Crippen LogP contribution in [0.15, 0.2) is 58.3 Å². The molecule has 2 aromatic rings. The summed E-state index contributed by atoms with van der Waals surface area (Å²) in [5.74, 6) is -1.13. The lowest BCUT2D eigenvalue weighted by Crippen LogP contribution is -1.96. The van der Waals surface area contributed by atoms with E-state index in [-0.39, 0.29) is 0 Å². The maximum atomic E-state index is 11.4. The molecule has 0 unspecified atom stereocenters. The molecular weight excluding hydrogens is 248 g/mol. The van der Waals surface area contributed by atoms with Gasteiger partial charge in [0.1, 0.15) is 0 Å². The highest BCUT2D eigenvalue weighted by Gasteiger charge is 2.29. The highest BCUT2D eigenvalue weighted by Crippen LogP contribution is 2.31. The minimum absolute atomic E-state index is 0.345. The average molecular weight is 256 g/mol. The maximum Gasteiger partial charge on any atom is 0.346 e. The van der Waals surface area contributed by atoms with E-state index in [9.17, 15) is 9.59 Å². The van der Waals surface area contributed by atoms with Crippen molar-refractivity contribution in [2.24, 2.45) is 0 Å². The van der Waals surface area contributed by atoms with Crippen molar-refractivity contribution in [2.75, 3.05) is 0 Å². The van der Waals surface area contributed by atoms with Crippen molar-refractivity contribution in [3.05, 3.63) is 59.7 Å². The summed E-state index contributed by atoms with van der Waals surface area (Å²) in [4.78, 5) is 24.7. The highest BCUT2D eigenvalue weighted by molar-refractivity contribution is 7.99. The number of rotatable bonds is 2. The van der Waals surface area contributed by atoms with Crippen LogP contribution in [0.1, 0.15) is 20.7 Å². The van der Waals surface area contributed by atoms with Crippen molar-refractivity contribution in [3.63, 3.8) is 0 Å². The molecule has 4 heteroatoms. The molecule has 88 valence electrons.